The average Bonchev–Trinajstić information content (AvgIpc) is 2.09. The van der Waals surface area contributed by atoms with E-state index in [0.29, 0.717) is 5.92 Å². The second-order valence-electron chi connectivity index (χ2n) is 3.86. The van der Waals surface area contributed by atoms with Crippen LogP contribution in [-0.4, -0.2) is 24.8 Å². The summed E-state index contributed by atoms with van der Waals surface area (Å²) in [4.78, 5) is 0. The van der Waals surface area contributed by atoms with Gasteiger partial charge in [-0.3, -0.25) is 0 Å². The summed E-state index contributed by atoms with van der Waals surface area (Å²) in [5.41, 5.74) is 0. The zero-order valence-electron chi connectivity index (χ0n) is 8.05. The van der Waals surface area contributed by atoms with Crippen molar-refractivity contribution < 1.29 is 5.11 Å². The fraction of sp³-hybridized carbons (Fsp3) is 1.00. The topological polar surface area (TPSA) is 32.3 Å². The zero-order valence-corrected chi connectivity index (χ0v) is 8.05. The maximum Gasteiger partial charge on any atom is 0.0568 e. The lowest BCUT2D eigenvalue weighted by atomic mass is 9.83. The molecule has 0 amide bonds. The number of aliphatic hydroxyl groups is 1. The van der Waals surface area contributed by atoms with Crippen molar-refractivity contribution in [3.8, 4) is 0 Å². The second-order valence-corrected chi connectivity index (χ2v) is 3.86. The van der Waals surface area contributed by atoms with E-state index in [4.69, 9.17) is 0 Å². The van der Waals surface area contributed by atoms with Gasteiger partial charge in [0.1, 0.15) is 0 Å². The molecule has 72 valence electrons. The summed E-state index contributed by atoms with van der Waals surface area (Å²) in [5, 5.41) is 12.8. The molecule has 2 atom stereocenters. The first kappa shape index (κ1) is 10.0. The van der Waals surface area contributed by atoms with Gasteiger partial charge in [-0.2, -0.15) is 0 Å². The second kappa shape index (κ2) is 5.55. The van der Waals surface area contributed by atoms with E-state index in [1.807, 2.05) is 7.05 Å². The smallest absolute Gasteiger partial charge is 0.0568 e. The molecule has 0 aliphatic heterocycles. The van der Waals surface area contributed by atoms with Crippen LogP contribution < -0.4 is 5.32 Å². The van der Waals surface area contributed by atoms with Gasteiger partial charge in [0.25, 0.3) is 0 Å². The minimum absolute atomic E-state index is 0.00407. The number of nitrogens with one attached hydrogen (secondary N) is 1. The van der Waals surface area contributed by atoms with Gasteiger partial charge < -0.3 is 10.4 Å². The van der Waals surface area contributed by atoms with Gasteiger partial charge in [0.05, 0.1) is 6.10 Å². The summed E-state index contributed by atoms with van der Waals surface area (Å²) in [6, 6.07) is 0. The van der Waals surface area contributed by atoms with Crippen LogP contribution in [0.2, 0.25) is 0 Å². The highest BCUT2D eigenvalue weighted by atomic mass is 16.3. The van der Waals surface area contributed by atoms with Crippen molar-refractivity contribution in [2.75, 3.05) is 13.6 Å². The van der Waals surface area contributed by atoms with Gasteiger partial charge in [0, 0.05) is 0 Å². The Morgan fingerprint density at radius 1 is 1.33 bits per heavy atom. The van der Waals surface area contributed by atoms with E-state index in [9.17, 15) is 5.11 Å². The number of aliphatic hydroxyl groups excluding tert-OH is 1. The average molecular weight is 171 g/mol. The molecule has 0 aromatic heterocycles. The van der Waals surface area contributed by atoms with Crippen molar-refractivity contribution in [3.63, 3.8) is 0 Å². The maximum atomic E-state index is 9.65. The lowest BCUT2D eigenvalue weighted by Gasteiger charge is -2.27. The van der Waals surface area contributed by atoms with Crippen LogP contribution in [0.5, 0.6) is 0 Å². The van der Waals surface area contributed by atoms with E-state index in [1.165, 1.54) is 32.1 Å². The van der Waals surface area contributed by atoms with Gasteiger partial charge in [0.2, 0.25) is 0 Å². The Bertz CT molecular complexity index is 116. The van der Waals surface area contributed by atoms with E-state index in [0.717, 1.165) is 13.0 Å². The first-order chi connectivity index (χ1) is 5.84. The molecular formula is C10H21NO. The van der Waals surface area contributed by atoms with E-state index in [1.54, 1.807) is 0 Å². The monoisotopic (exact) mass is 171 g/mol. The molecule has 2 unspecified atom stereocenters. The number of hydrogen-bond donors (Lipinski definition) is 2. The summed E-state index contributed by atoms with van der Waals surface area (Å²) in [6.45, 7) is 1.09. The molecule has 0 bridgehead atoms. The molecule has 2 heteroatoms. The summed E-state index contributed by atoms with van der Waals surface area (Å²) in [5.74, 6) is 0.590. The Labute approximate surface area is 75.4 Å². The van der Waals surface area contributed by atoms with Gasteiger partial charge in [0.15, 0.2) is 0 Å². The van der Waals surface area contributed by atoms with Gasteiger partial charge in [-0.05, 0) is 45.2 Å². The van der Waals surface area contributed by atoms with Gasteiger partial charge in [-0.25, -0.2) is 0 Å². The molecule has 0 spiro atoms. The van der Waals surface area contributed by atoms with Crippen LogP contribution in [0.1, 0.15) is 38.5 Å². The van der Waals surface area contributed by atoms with Crippen molar-refractivity contribution in [2.45, 2.75) is 44.6 Å². The van der Waals surface area contributed by atoms with E-state index < -0.39 is 0 Å². The minimum atomic E-state index is -0.00407. The first-order valence-electron chi connectivity index (χ1n) is 5.17. The molecule has 1 rings (SSSR count). The normalized spacial score (nSPS) is 30.5. The van der Waals surface area contributed by atoms with Gasteiger partial charge in [-0.15, -0.1) is 0 Å². The summed E-state index contributed by atoms with van der Waals surface area (Å²) in [7, 11) is 1.98. The molecule has 1 aliphatic carbocycles. The third-order valence-electron chi connectivity index (χ3n) is 2.87. The SMILES string of the molecule is CNCCCC1CCCCC1O. The molecule has 12 heavy (non-hydrogen) atoms. The Hall–Kier alpha value is -0.0800. The third kappa shape index (κ3) is 3.11. The van der Waals surface area contributed by atoms with Gasteiger partial charge >= 0.3 is 0 Å². The maximum absolute atomic E-state index is 9.65. The van der Waals surface area contributed by atoms with Crippen LogP contribution in [0, 0.1) is 5.92 Å². The predicted octanol–water partition coefficient (Wildman–Crippen LogP) is 1.54. The Kier molecular flexibility index (Phi) is 4.62. The largest absolute Gasteiger partial charge is 0.393 e. The minimum Gasteiger partial charge on any atom is -0.393 e. The highest BCUT2D eigenvalue weighted by Crippen LogP contribution is 2.27. The Morgan fingerprint density at radius 2 is 2.08 bits per heavy atom. The van der Waals surface area contributed by atoms with Crippen LogP contribution in [0.4, 0.5) is 0 Å². The molecule has 2 nitrogen and oxygen atoms in total. The standard InChI is InChI=1S/C10H21NO/c1-11-8-4-6-9-5-2-3-7-10(9)12/h9-12H,2-8H2,1H3. The van der Waals surface area contributed by atoms with Crippen LogP contribution in [-0.2, 0) is 0 Å². The molecule has 0 aromatic carbocycles. The number of hydrogen-bond acceptors (Lipinski definition) is 2. The Morgan fingerprint density at radius 3 is 2.75 bits per heavy atom. The summed E-state index contributed by atoms with van der Waals surface area (Å²) < 4.78 is 0. The van der Waals surface area contributed by atoms with Crippen LogP contribution >= 0.6 is 0 Å². The molecule has 2 N–H and O–H groups in total. The molecular weight excluding hydrogens is 150 g/mol. The highest BCUT2D eigenvalue weighted by molar-refractivity contribution is 4.74. The number of rotatable bonds is 4. The zero-order chi connectivity index (χ0) is 8.81. The lowest BCUT2D eigenvalue weighted by molar-refractivity contribution is 0.0644. The summed E-state index contributed by atoms with van der Waals surface area (Å²) in [6.07, 6.45) is 7.22. The van der Waals surface area contributed by atoms with Crippen LogP contribution in [0.15, 0.2) is 0 Å². The molecule has 1 aliphatic rings. The summed E-state index contributed by atoms with van der Waals surface area (Å²) >= 11 is 0. The van der Waals surface area contributed by atoms with E-state index >= 15 is 0 Å². The van der Waals surface area contributed by atoms with E-state index in [-0.39, 0.29) is 6.10 Å². The van der Waals surface area contributed by atoms with Gasteiger partial charge in [-0.1, -0.05) is 12.8 Å². The quantitative estimate of drug-likeness (QED) is 0.629. The molecule has 0 radical (unpaired) electrons. The lowest BCUT2D eigenvalue weighted by Crippen LogP contribution is -2.25. The van der Waals surface area contributed by atoms with Crippen molar-refractivity contribution >= 4 is 0 Å². The van der Waals surface area contributed by atoms with Crippen molar-refractivity contribution in [2.24, 2.45) is 5.92 Å². The molecule has 0 saturated heterocycles. The first-order valence-corrected chi connectivity index (χ1v) is 5.17. The molecule has 1 saturated carbocycles. The van der Waals surface area contributed by atoms with Crippen molar-refractivity contribution in [3.05, 3.63) is 0 Å². The molecule has 0 heterocycles. The van der Waals surface area contributed by atoms with Crippen molar-refractivity contribution in [1.82, 2.24) is 5.32 Å². The Balaban J connectivity index is 2.11. The highest BCUT2D eigenvalue weighted by Gasteiger charge is 2.21. The van der Waals surface area contributed by atoms with Crippen LogP contribution in [0.3, 0.4) is 0 Å². The molecule has 1 fully saturated rings. The molecule has 0 aromatic rings. The fourth-order valence-electron chi connectivity index (χ4n) is 2.07. The van der Waals surface area contributed by atoms with E-state index in [2.05, 4.69) is 5.32 Å². The predicted molar refractivity (Wildman–Crippen MR) is 51.1 cm³/mol. The van der Waals surface area contributed by atoms with Crippen LogP contribution in [0.25, 0.3) is 0 Å². The van der Waals surface area contributed by atoms with Crippen molar-refractivity contribution in [1.29, 1.82) is 0 Å². The third-order valence-corrected chi connectivity index (χ3v) is 2.87. The fourth-order valence-corrected chi connectivity index (χ4v) is 2.07.